The second-order valence-corrected chi connectivity index (χ2v) is 6.55. The molecule has 3 rings (SSSR count). The summed E-state index contributed by atoms with van der Waals surface area (Å²) in [5, 5.41) is 5.98. The molecule has 0 aliphatic heterocycles. The summed E-state index contributed by atoms with van der Waals surface area (Å²) < 4.78 is 50.4. The lowest BCUT2D eigenvalue weighted by molar-refractivity contribution is -0.136. The van der Waals surface area contributed by atoms with E-state index in [9.17, 15) is 18.0 Å². The van der Waals surface area contributed by atoms with Crippen molar-refractivity contribution in [3.8, 4) is 5.75 Å². The second kappa shape index (κ2) is 7.98. The number of carbonyl (C=O) groups excluding carboxylic acids is 1. The molecule has 0 saturated carbocycles. The molecule has 0 saturated heterocycles. The average Bonchev–Trinajstić information content (AvgIpc) is 3.03. The number of benzene rings is 2. The van der Waals surface area contributed by atoms with Crippen molar-refractivity contribution in [1.29, 1.82) is 0 Å². The largest absolute Gasteiger partial charge is 0.488 e. The molecule has 0 bridgehead atoms. The van der Waals surface area contributed by atoms with E-state index < -0.39 is 17.6 Å². The van der Waals surface area contributed by atoms with Crippen LogP contribution in [0.5, 0.6) is 5.75 Å². The number of amides is 1. The minimum absolute atomic E-state index is 0.0106. The number of carbonyl (C=O) groups is 1. The van der Waals surface area contributed by atoms with Crippen LogP contribution in [0.3, 0.4) is 0 Å². The van der Waals surface area contributed by atoms with Crippen molar-refractivity contribution < 1.29 is 27.2 Å². The highest BCUT2D eigenvalue weighted by Gasteiger charge is 2.34. The van der Waals surface area contributed by atoms with Gasteiger partial charge in [-0.3, -0.25) is 4.79 Å². The third kappa shape index (κ3) is 4.42. The second-order valence-electron chi connectivity index (χ2n) is 6.55. The number of aromatic nitrogens is 1. The molecule has 2 aromatic carbocycles. The van der Waals surface area contributed by atoms with Gasteiger partial charge in [0.25, 0.3) is 5.91 Å². The van der Waals surface area contributed by atoms with Gasteiger partial charge in [-0.15, -0.1) is 0 Å². The van der Waals surface area contributed by atoms with Crippen molar-refractivity contribution in [2.75, 3.05) is 5.32 Å². The summed E-state index contributed by atoms with van der Waals surface area (Å²) in [5.74, 6) is 0.182. The van der Waals surface area contributed by atoms with E-state index in [1.165, 1.54) is 18.2 Å². The van der Waals surface area contributed by atoms with Crippen LogP contribution in [0.4, 0.5) is 18.9 Å². The molecule has 5 nitrogen and oxygen atoms in total. The zero-order chi connectivity index (χ0) is 21.2. The molecule has 1 N–H and O–H groups in total. The average molecular weight is 404 g/mol. The minimum Gasteiger partial charge on any atom is -0.488 e. The van der Waals surface area contributed by atoms with Crippen molar-refractivity contribution in [1.82, 2.24) is 5.16 Å². The van der Waals surface area contributed by atoms with Crippen LogP contribution in [0, 0.1) is 20.8 Å². The first-order valence-corrected chi connectivity index (χ1v) is 8.80. The lowest BCUT2D eigenvalue weighted by Gasteiger charge is -2.13. The highest BCUT2D eigenvalue weighted by molar-refractivity contribution is 6.04. The molecule has 152 valence electrons. The predicted molar refractivity (Wildman–Crippen MR) is 101 cm³/mol. The lowest BCUT2D eigenvalue weighted by atomic mass is 10.1. The van der Waals surface area contributed by atoms with E-state index in [2.05, 4.69) is 10.5 Å². The van der Waals surface area contributed by atoms with Crippen LogP contribution in [-0.2, 0) is 12.8 Å². The summed E-state index contributed by atoms with van der Waals surface area (Å²) >= 11 is 0. The molecule has 29 heavy (non-hydrogen) atoms. The van der Waals surface area contributed by atoms with Crippen LogP contribution in [0.1, 0.15) is 38.5 Å². The van der Waals surface area contributed by atoms with Crippen molar-refractivity contribution in [2.24, 2.45) is 0 Å². The van der Waals surface area contributed by atoms with Gasteiger partial charge in [0.15, 0.2) is 5.69 Å². The van der Waals surface area contributed by atoms with Crippen molar-refractivity contribution in [3.05, 3.63) is 76.2 Å². The fourth-order valence-electron chi connectivity index (χ4n) is 2.79. The van der Waals surface area contributed by atoms with Crippen LogP contribution >= 0.6 is 0 Å². The van der Waals surface area contributed by atoms with E-state index in [-0.39, 0.29) is 18.0 Å². The molecule has 3 aromatic rings. The predicted octanol–water partition coefficient (Wildman–Crippen LogP) is 5.45. The Balaban J connectivity index is 1.83. The van der Waals surface area contributed by atoms with E-state index >= 15 is 0 Å². The molecule has 0 radical (unpaired) electrons. The molecule has 0 fully saturated rings. The third-order valence-electron chi connectivity index (χ3n) is 4.61. The quantitative estimate of drug-likeness (QED) is 0.614. The normalized spacial score (nSPS) is 11.4. The smallest absolute Gasteiger partial charge is 0.418 e. The number of hydrogen-bond donors (Lipinski definition) is 1. The van der Waals surface area contributed by atoms with Gasteiger partial charge in [-0.05, 0) is 50.1 Å². The monoisotopic (exact) mass is 404 g/mol. The van der Waals surface area contributed by atoms with E-state index in [1.54, 1.807) is 13.0 Å². The summed E-state index contributed by atoms with van der Waals surface area (Å²) in [4.78, 5) is 12.6. The van der Waals surface area contributed by atoms with Crippen molar-refractivity contribution >= 4 is 11.6 Å². The summed E-state index contributed by atoms with van der Waals surface area (Å²) in [7, 11) is 0. The van der Waals surface area contributed by atoms with Gasteiger partial charge in [0.05, 0.1) is 16.8 Å². The maximum Gasteiger partial charge on any atom is 0.418 e. The maximum atomic E-state index is 13.2. The molecular weight excluding hydrogens is 385 g/mol. The molecule has 0 spiro atoms. The SMILES string of the molecule is Cc1cccc(OCc2c(C(=O)Nc3ccccc3C(F)(F)F)noc2C)c1C. The standard InChI is InChI=1S/C21H19F3N2O3/c1-12-7-6-10-18(13(12)2)28-11-15-14(3)29-26-19(15)20(27)25-17-9-5-4-8-16(17)21(22,23)24/h4-10H,11H2,1-3H3,(H,25,27). The van der Waals surface area contributed by atoms with Gasteiger partial charge in [0, 0.05) is 0 Å². The number of rotatable bonds is 5. The lowest BCUT2D eigenvalue weighted by Crippen LogP contribution is -2.18. The van der Waals surface area contributed by atoms with Gasteiger partial charge >= 0.3 is 6.18 Å². The number of hydrogen-bond acceptors (Lipinski definition) is 4. The molecule has 1 heterocycles. The molecular formula is C21H19F3N2O3. The van der Waals surface area contributed by atoms with Crippen LogP contribution in [0.2, 0.25) is 0 Å². The van der Waals surface area contributed by atoms with Crippen LogP contribution in [0.15, 0.2) is 47.0 Å². The molecule has 0 aliphatic rings. The Hall–Kier alpha value is -3.29. The number of nitrogens with zero attached hydrogens (tertiary/aromatic N) is 1. The Bertz CT molecular complexity index is 1040. The highest BCUT2D eigenvalue weighted by Crippen LogP contribution is 2.35. The summed E-state index contributed by atoms with van der Waals surface area (Å²) in [6, 6.07) is 10.3. The van der Waals surface area contributed by atoms with Gasteiger partial charge in [0.2, 0.25) is 0 Å². The van der Waals surface area contributed by atoms with E-state index in [1.807, 2.05) is 26.0 Å². The molecule has 8 heteroatoms. The fourth-order valence-corrected chi connectivity index (χ4v) is 2.79. The first-order chi connectivity index (χ1) is 13.7. The minimum atomic E-state index is -4.60. The van der Waals surface area contributed by atoms with Crippen LogP contribution in [-0.4, -0.2) is 11.1 Å². The van der Waals surface area contributed by atoms with Crippen LogP contribution < -0.4 is 10.1 Å². The van der Waals surface area contributed by atoms with Gasteiger partial charge in [0.1, 0.15) is 18.1 Å². The summed E-state index contributed by atoms with van der Waals surface area (Å²) in [6.45, 7) is 5.45. The van der Waals surface area contributed by atoms with E-state index in [0.717, 1.165) is 17.2 Å². The van der Waals surface area contributed by atoms with E-state index in [4.69, 9.17) is 9.26 Å². The number of alkyl halides is 3. The Morgan fingerprint density at radius 2 is 1.83 bits per heavy atom. The molecule has 0 unspecified atom stereocenters. The summed E-state index contributed by atoms with van der Waals surface area (Å²) in [5.41, 5.74) is 0.949. The Kier molecular flexibility index (Phi) is 5.63. The van der Waals surface area contributed by atoms with Crippen molar-refractivity contribution in [2.45, 2.75) is 33.6 Å². The van der Waals surface area contributed by atoms with Crippen LogP contribution in [0.25, 0.3) is 0 Å². The van der Waals surface area contributed by atoms with Gasteiger partial charge < -0.3 is 14.6 Å². The Morgan fingerprint density at radius 1 is 1.10 bits per heavy atom. The molecule has 0 aliphatic carbocycles. The topological polar surface area (TPSA) is 64.4 Å². The zero-order valence-electron chi connectivity index (χ0n) is 16.1. The van der Waals surface area contributed by atoms with Crippen molar-refractivity contribution in [3.63, 3.8) is 0 Å². The molecule has 0 atom stereocenters. The Labute approximate surface area is 165 Å². The number of ether oxygens (including phenoxy) is 1. The fraction of sp³-hybridized carbons (Fsp3) is 0.238. The molecule has 1 amide bonds. The van der Waals surface area contributed by atoms with Gasteiger partial charge in [-0.2, -0.15) is 13.2 Å². The highest BCUT2D eigenvalue weighted by atomic mass is 19.4. The first kappa shape index (κ1) is 20.4. The number of para-hydroxylation sites is 1. The number of halogens is 3. The van der Waals surface area contributed by atoms with Gasteiger partial charge in [-0.25, -0.2) is 0 Å². The maximum absolute atomic E-state index is 13.2. The van der Waals surface area contributed by atoms with Gasteiger partial charge in [-0.1, -0.05) is 29.4 Å². The number of anilines is 1. The molecule has 1 aromatic heterocycles. The summed E-state index contributed by atoms with van der Waals surface area (Å²) in [6.07, 6.45) is -4.60. The third-order valence-corrected chi connectivity index (χ3v) is 4.61. The first-order valence-electron chi connectivity index (χ1n) is 8.80. The number of nitrogens with one attached hydrogen (secondary N) is 1. The van der Waals surface area contributed by atoms with E-state index in [0.29, 0.717) is 17.1 Å². The Morgan fingerprint density at radius 3 is 2.55 bits per heavy atom. The number of aryl methyl sites for hydroxylation is 2. The zero-order valence-corrected chi connectivity index (χ0v) is 16.1.